The number of benzene rings is 2. The van der Waals surface area contributed by atoms with Crippen LogP contribution in [0.1, 0.15) is 29.9 Å². The first-order chi connectivity index (χ1) is 13.6. The SMILES string of the molecule is C=CC[C@@H]1C[C@@H](C(=O)O)N(C(=O)OCC2c3ccccc3-c3ccccc32)C1. The fraction of sp³-hybridized carbons (Fsp3) is 0.304. The molecule has 2 aliphatic rings. The molecule has 0 aromatic heterocycles. The van der Waals surface area contributed by atoms with Crippen LogP contribution in [-0.2, 0) is 9.53 Å². The maximum absolute atomic E-state index is 12.7. The van der Waals surface area contributed by atoms with E-state index in [2.05, 4.69) is 30.8 Å². The third-order valence-electron chi connectivity index (χ3n) is 5.74. The third kappa shape index (κ3) is 3.17. The molecule has 1 heterocycles. The van der Waals surface area contributed by atoms with Gasteiger partial charge in [-0.05, 0) is 41.0 Å². The second-order valence-corrected chi connectivity index (χ2v) is 7.44. The lowest BCUT2D eigenvalue weighted by Crippen LogP contribution is -2.41. The Morgan fingerprint density at radius 3 is 2.29 bits per heavy atom. The van der Waals surface area contributed by atoms with Crippen LogP contribution >= 0.6 is 0 Å². The molecule has 0 unspecified atom stereocenters. The molecule has 1 N–H and O–H groups in total. The zero-order valence-electron chi connectivity index (χ0n) is 15.6. The van der Waals surface area contributed by atoms with Crippen molar-refractivity contribution in [1.82, 2.24) is 4.90 Å². The molecule has 1 saturated heterocycles. The molecule has 1 aliphatic carbocycles. The van der Waals surface area contributed by atoms with Crippen LogP contribution in [0, 0.1) is 5.92 Å². The number of aliphatic carboxylic acids is 1. The van der Waals surface area contributed by atoms with Crippen molar-refractivity contribution in [2.24, 2.45) is 5.92 Å². The van der Waals surface area contributed by atoms with Gasteiger partial charge in [0.25, 0.3) is 0 Å². The molecule has 5 nitrogen and oxygen atoms in total. The van der Waals surface area contributed by atoms with E-state index < -0.39 is 18.1 Å². The summed E-state index contributed by atoms with van der Waals surface area (Å²) in [5, 5.41) is 9.48. The first-order valence-electron chi connectivity index (χ1n) is 9.55. The van der Waals surface area contributed by atoms with Crippen molar-refractivity contribution in [2.45, 2.75) is 24.8 Å². The van der Waals surface area contributed by atoms with Gasteiger partial charge < -0.3 is 9.84 Å². The van der Waals surface area contributed by atoms with Gasteiger partial charge in [-0.2, -0.15) is 0 Å². The minimum atomic E-state index is -0.986. The van der Waals surface area contributed by atoms with Crippen molar-refractivity contribution in [2.75, 3.05) is 13.2 Å². The third-order valence-corrected chi connectivity index (χ3v) is 5.74. The molecule has 2 aromatic rings. The van der Waals surface area contributed by atoms with E-state index in [0.717, 1.165) is 22.3 Å². The molecule has 144 valence electrons. The molecule has 1 amide bonds. The molecule has 4 rings (SSSR count). The summed E-state index contributed by atoms with van der Waals surface area (Å²) in [5.74, 6) is -0.912. The smallest absolute Gasteiger partial charge is 0.410 e. The van der Waals surface area contributed by atoms with E-state index in [9.17, 15) is 14.7 Å². The summed E-state index contributed by atoms with van der Waals surface area (Å²) < 4.78 is 5.63. The number of rotatable bonds is 5. The van der Waals surface area contributed by atoms with Gasteiger partial charge in [-0.25, -0.2) is 9.59 Å². The van der Waals surface area contributed by atoms with Crippen LogP contribution < -0.4 is 0 Å². The van der Waals surface area contributed by atoms with Gasteiger partial charge in [-0.15, -0.1) is 6.58 Å². The average molecular weight is 377 g/mol. The maximum Gasteiger partial charge on any atom is 0.410 e. The number of carboxylic acid groups (broad SMARTS) is 1. The molecule has 0 spiro atoms. The predicted octanol–water partition coefficient (Wildman–Crippen LogP) is 4.29. The number of amides is 1. The van der Waals surface area contributed by atoms with E-state index in [1.54, 1.807) is 6.08 Å². The molecule has 1 fully saturated rings. The summed E-state index contributed by atoms with van der Waals surface area (Å²) in [6.45, 7) is 4.30. The second kappa shape index (κ2) is 7.50. The highest BCUT2D eigenvalue weighted by Gasteiger charge is 2.40. The highest BCUT2D eigenvalue weighted by molar-refractivity contribution is 5.81. The molecule has 5 heteroatoms. The fourth-order valence-corrected chi connectivity index (χ4v) is 4.44. The number of hydrogen-bond donors (Lipinski definition) is 1. The summed E-state index contributed by atoms with van der Waals surface area (Å²) in [6.07, 6.45) is 2.34. The number of allylic oxidation sites excluding steroid dienone is 1. The van der Waals surface area contributed by atoms with Crippen LogP contribution in [0.2, 0.25) is 0 Å². The summed E-state index contributed by atoms with van der Waals surface area (Å²) in [5.41, 5.74) is 4.60. The molecule has 0 radical (unpaired) electrons. The zero-order chi connectivity index (χ0) is 19.7. The minimum Gasteiger partial charge on any atom is -0.480 e. The first-order valence-corrected chi connectivity index (χ1v) is 9.55. The van der Waals surface area contributed by atoms with E-state index in [1.165, 1.54) is 4.90 Å². The molecule has 2 aromatic carbocycles. The lowest BCUT2D eigenvalue weighted by atomic mass is 9.98. The van der Waals surface area contributed by atoms with Gasteiger partial charge in [0.1, 0.15) is 12.6 Å². The van der Waals surface area contributed by atoms with E-state index >= 15 is 0 Å². The molecule has 0 saturated carbocycles. The van der Waals surface area contributed by atoms with Gasteiger partial charge in [-0.1, -0.05) is 54.6 Å². The monoisotopic (exact) mass is 377 g/mol. The van der Waals surface area contributed by atoms with Gasteiger partial charge >= 0.3 is 12.1 Å². The molecule has 28 heavy (non-hydrogen) atoms. The van der Waals surface area contributed by atoms with Crippen LogP contribution in [-0.4, -0.2) is 41.3 Å². The first kappa shape index (κ1) is 18.3. The fourth-order valence-electron chi connectivity index (χ4n) is 4.44. The number of likely N-dealkylation sites (tertiary alicyclic amines) is 1. The topological polar surface area (TPSA) is 66.8 Å². The average Bonchev–Trinajstić information content (AvgIpc) is 3.26. The number of carbonyl (C=O) groups is 2. The zero-order valence-corrected chi connectivity index (χ0v) is 15.6. The van der Waals surface area contributed by atoms with Gasteiger partial charge in [0.05, 0.1) is 0 Å². The van der Waals surface area contributed by atoms with E-state index in [-0.39, 0.29) is 18.4 Å². The summed E-state index contributed by atoms with van der Waals surface area (Å²) in [7, 11) is 0. The maximum atomic E-state index is 12.7. The van der Waals surface area contributed by atoms with Crippen molar-refractivity contribution >= 4 is 12.1 Å². The Balaban J connectivity index is 1.51. The van der Waals surface area contributed by atoms with E-state index in [4.69, 9.17) is 4.74 Å². The molecule has 2 atom stereocenters. The highest BCUT2D eigenvalue weighted by Crippen LogP contribution is 2.44. The Morgan fingerprint density at radius 2 is 1.71 bits per heavy atom. The van der Waals surface area contributed by atoms with Crippen molar-refractivity contribution in [3.05, 3.63) is 72.3 Å². The normalized spacial score (nSPS) is 20.5. The van der Waals surface area contributed by atoms with Crippen LogP contribution in [0.15, 0.2) is 61.2 Å². The van der Waals surface area contributed by atoms with Gasteiger partial charge in [0.2, 0.25) is 0 Å². The van der Waals surface area contributed by atoms with E-state index in [0.29, 0.717) is 19.4 Å². The van der Waals surface area contributed by atoms with Crippen LogP contribution in [0.5, 0.6) is 0 Å². The van der Waals surface area contributed by atoms with Crippen molar-refractivity contribution in [3.63, 3.8) is 0 Å². The second-order valence-electron chi connectivity index (χ2n) is 7.44. The van der Waals surface area contributed by atoms with Crippen LogP contribution in [0.3, 0.4) is 0 Å². The van der Waals surface area contributed by atoms with Gasteiger partial charge in [0.15, 0.2) is 0 Å². The molecular weight excluding hydrogens is 354 g/mol. The van der Waals surface area contributed by atoms with Crippen LogP contribution in [0.25, 0.3) is 11.1 Å². The Kier molecular flexibility index (Phi) is 4.90. The summed E-state index contributed by atoms with van der Waals surface area (Å²) in [6, 6.07) is 15.4. The number of fused-ring (bicyclic) bond motifs is 3. The highest BCUT2D eigenvalue weighted by atomic mass is 16.6. The molecule has 1 aliphatic heterocycles. The largest absolute Gasteiger partial charge is 0.480 e. The Labute approximate surface area is 164 Å². The lowest BCUT2D eigenvalue weighted by molar-refractivity contribution is -0.141. The van der Waals surface area contributed by atoms with E-state index in [1.807, 2.05) is 24.3 Å². The van der Waals surface area contributed by atoms with Crippen molar-refractivity contribution in [3.8, 4) is 11.1 Å². The number of carboxylic acids is 1. The van der Waals surface area contributed by atoms with Crippen molar-refractivity contribution < 1.29 is 19.4 Å². The number of carbonyl (C=O) groups excluding carboxylic acids is 1. The quantitative estimate of drug-likeness (QED) is 0.790. The van der Waals surface area contributed by atoms with Gasteiger partial charge in [-0.3, -0.25) is 4.90 Å². The Morgan fingerprint density at radius 1 is 1.11 bits per heavy atom. The predicted molar refractivity (Wildman–Crippen MR) is 106 cm³/mol. The Hall–Kier alpha value is -3.08. The summed E-state index contributed by atoms with van der Waals surface area (Å²) in [4.78, 5) is 25.6. The standard InChI is InChI=1S/C23H23NO4/c1-2-7-15-12-21(22(25)26)24(13-15)23(27)28-14-20-18-10-5-3-8-16(18)17-9-4-6-11-19(17)20/h2-6,8-11,15,20-21H,1,7,12-14H2,(H,25,26)/t15-,21+/m1/s1. The Bertz CT molecular complexity index is 877. The lowest BCUT2D eigenvalue weighted by Gasteiger charge is -2.22. The van der Waals surface area contributed by atoms with Crippen molar-refractivity contribution in [1.29, 1.82) is 0 Å². The number of nitrogens with zero attached hydrogens (tertiary/aromatic N) is 1. The molecule has 0 bridgehead atoms. The van der Waals surface area contributed by atoms with Crippen LogP contribution in [0.4, 0.5) is 4.79 Å². The molecular formula is C23H23NO4. The van der Waals surface area contributed by atoms with Gasteiger partial charge in [0, 0.05) is 12.5 Å². The number of ether oxygens (including phenoxy) is 1. The number of hydrogen-bond acceptors (Lipinski definition) is 3. The summed E-state index contributed by atoms with van der Waals surface area (Å²) >= 11 is 0. The minimum absolute atomic E-state index is 0.0359.